The fraction of sp³-hybridized carbons (Fsp3) is 0.625. The van der Waals surface area contributed by atoms with E-state index >= 15 is 0 Å². The van der Waals surface area contributed by atoms with Gasteiger partial charge >= 0.3 is 0 Å². The first kappa shape index (κ1) is 13.4. The van der Waals surface area contributed by atoms with Crippen molar-refractivity contribution in [2.24, 2.45) is 0 Å². The topological polar surface area (TPSA) is 21.3 Å². The van der Waals surface area contributed by atoms with E-state index in [0.717, 1.165) is 18.9 Å². The average molecular weight is 247 g/mol. The minimum absolute atomic E-state index is 0.136. The van der Waals surface area contributed by atoms with E-state index in [9.17, 15) is 0 Å². The molecule has 1 aromatic carbocycles. The molecule has 1 N–H and O–H groups in total. The molecule has 2 nitrogen and oxygen atoms in total. The van der Waals surface area contributed by atoms with Crippen molar-refractivity contribution in [3.8, 4) is 5.75 Å². The summed E-state index contributed by atoms with van der Waals surface area (Å²) in [6, 6.07) is 8.92. The second kappa shape index (κ2) is 5.75. The van der Waals surface area contributed by atoms with E-state index in [4.69, 9.17) is 4.74 Å². The first-order valence-electron chi connectivity index (χ1n) is 7.03. The maximum Gasteiger partial charge on any atom is 0.123 e. The van der Waals surface area contributed by atoms with Crippen molar-refractivity contribution >= 4 is 0 Å². The number of hydrogen-bond donors (Lipinski definition) is 1. The van der Waals surface area contributed by atoms with Crippen molar-refractivity contribution in [3.63, 3.8) is 0 Å². The maximum absolute atomic E-state index is 6.04. The van der Waals surface area contributed by atoms with Gasteiger partial charge in [-0.15, -0.1) is 0 Å². The highest BCUT2D eigenvalue weighted by atomic mass is 16.5. The summed E-state index contributed by atoms with van der Waals surface area (Å²) in [7, 11) is 0. The van der Waals surface area contributed by atoms with Crippen LogP contribution >= 0.6 is 0 Å². The summed E-state index contributed by atoms with van der Waals surface area (Å²) in [5.74, 6) is 1.04. The van der Waals surface area contributed by atoms with Gasteiger partial charge < -0.3 is 10.1 Å². The Balaban J connectivity index is 2.00. The second-order valence-corrected chi connectivity index (χ2v) is 6.20. The molecule has 1 atom stereocenters. The quantitative estimate of drug-likeness (QED) is 0.882. The summed E-state index contributed by atoms with van der Waals surface area (Å²) in [6.45, 7) is 8.61. The summed E-state index contributed by atoms with van der Waals surface area (Å²) in [5, 5.41) is 3.52. The molecular formula is C16H25NO. The van der Waals surface area contributed by atoms with Crippen LogP contribution in [0.3, 0.4) is 0 Å². The third-order valence-corrected chi connectivity index (χ3v) is 3.55. The van der Waals surface area contributed by atoms with Crippen LogP contribution in [0.1, 0.15) is 45.6 Å². The molecule has 1 fully saturated rings. The van der Waals surface area contributed by atoms with Crippen molar-refractivity contribution < 1.29 is 4.74 Å². The van der Waals surface area contributed by atoms with Crippen LogP contribution < -0.4 is 10.1 Å². The summed E-state index contributed by atoms with van der Waals surface area (Å²) in [5.41, 5.74) is 1.43. The van der Waals surface area contributed by atoms with Crippen molar-refractivity contribution in [3.05, 3.63) is 29.8 Å². The molecule has 1 heterocycles. The summed E-state index contributed by atoms with van der Waals surface area (Å²) in [6.07, 6.45) is 3.86. The van der Waals surface area contributed by atoms with Crippen molar-refractivity contribution in [1.82, 2.24) is 5.32 Å². The fourth-order valence-electron chi connectivity index (χ4n) is 2.47. The third kappa shape index (κ3) is 3.49. The first-order chi connectivity index (χ1) is 8.57. The molecule has 0 saturated carbocycles. The largest absolute Gasteiger partial charge is 0.492 e. The molecule has 0 amide bonds. The van der Waals surface area contributed by atoms with Gasteiger partial charge in [0.05, 0.1) is 0 Å². The number of nitrogens with one attached hydrogen (secondary N) is 1. The number of ether oxygens (including phenoxy) is 1. The van der Waals surface area contributed by atoms with Gasteiger partial charge in [0, 0.05) is 6.04 Å². The van der Waals surface area contributed by atoms with Gasteiger partial charge in [-0.3, -0.25) is 0 Å². The van der Waals surface area contributed by atoms with E-state index in [-0.39, 0.29) is 5.41 Å². The Morgan fingerprint density at radius 1 is 1.22 bits per heavy atom. The van der Waals surface area contributed by atoms with Gasteiger partial charge in [0.15, 0.2) is 0 Å². The van der Waals surface area contributed by atoms with E-state index in [0.29, 0.717) is 6.04 Å². The van der Waals surface area contributed by atoms with Crippen LogP contribution in [0.15, 0.2) is 24.3 Å². The molecule has 0 radical (unpaired) electrons. The molecule has 2 heteroatoms. The Hall–Kier alpha value is -1.02. The van der Waals surface area contributed by atoms with Crippen LogP contribution in [-0.4, -0.2) is 19.2 Å². The van der Waals surface area contributed by atoms with E-state index < -0.39 is 0 Å². The summed E-state index contributed by atoms with van der Waals surface area (Å²) < 4.78 is 6.04. The van der Waals surface area contributed by atoms with Gasteiger partial charge in [0.2, 0.25) is 0 Å². The fourth-order valence-corrected chi connectivity index (χ4v) is 2.47. The highest BCUT2D eigenvalue weighted by Crippen LogP contribution is 2.31. The molecule has 0 spiro atoms. The van der Waals surface area contributed by atoms with E-state index in [1.54, 1.807) is 0 Å². The van der Waals surface area contributed by atoms with Gasteiger partial charge in [-0.05, 0) is 36.4 Å². The molecule has 0 aromatic heterocycles. The Bertz CT molecular complexity index is 375. The standard InChI is InChI=1S/C16H25NO/c1-16(2,3)14-9-4-5-10-15(14)18-12-13-8-6-7-11-17-13/h4-5,9-10,13,17H,6-8,11-12H2,1-3H3. The maximum atomic E-state index is 6.04. The molecule has 2 rings (SSSR count). The van der Waals surface area contributed by atoms with E-state index in [1.807, 2.05) is 0 Å². The monoisotopic (exact) mass is 247 g/mol. The molecule has 1 aliphatic rings. The molecule has 1 saturated heterocycles. The van der Waals surface area contributed by atoms with Gasteiger partial charge in [0.1, 0.15) is 12.4 Å². The molecule has 0 aliphatic carbocycles. The van der Waals surface area contributed by atoms with E-state index in [2.05, 4.69) is 50.4 Å². The Labute approximate surface area is 111 Å². The van der Waals surface area contributed by atoms with Crippen LogP contribution in [0.25, 0.3) is 0 Å². The molecule has 100 valence electrons. The Morgan fingerprint density at radius 3 is 2.67 bits per heavy atom. The Kier molecular flexibility index (Phi) is 4.28. The zero-order valence-corrected chi connectivity index (χ0v) is 11.8. The predicted octanol–water partition coefficient (Wildman–Crippen LogP) is 3.51. The average Bonchev–Trinajstić information content (AvgIpc) is 2.37. The number of benzene rings is 1. The lowest BCUT2D eigenvalue weighted by atomic mass is 9.86. The van der Waals surface area contributed by atoms with Crippen molar-refractivity contribution in [1.29, 1.82) is 0 Å². The van der Waals surface area contributed by atoms with Crippen LogP contribution in [0.5, 0.6) is 5.75 Å². The van der Waals surface area contributed by atoms with Gasteiger partial charge in [-0.25, -0.2) is 0 Å². The van der Waals surface area contributed by atoms with Gasteiger partial charge in [0.25, 0.3) is 0 Å². The zero-order chi connectivity index (χ0) is 13.0. The van der Waals surface area contributed by atoms with Crippen molar-refractivity contribution in [2.75, 3.05) is 13.2 Å². The minimum Gasteiger partial charge on any atom is -0.492 e. The zero-order valence-electron chi connectivity index (χ0n) is 11.8. The molecular weight excluding hydrogens is 222 g/mol. The predicted molar refractivity (Wildman–Crippen MR) is 76.3 cm³/mol. The van der Waals surface area contributed by atoms with Crippen LogP contribution in [0.4, 0.5) is 0 Å². The second-order valence-electron chi connectivity index (χ2n) is 6.20. The number of hydrogen-bond acceptors (Lipinski definition) is 2. The van der Waals surface area contributed by atoms with Gasteiger partial charge in [-0.1, -0.05) is 45.4 Å². The minimum atomic E-state index is 0.136. The Morgan fingerprint density at radius 2 is 2.00 bits per heavy atom. The molecule has 1 unspecified atom stereocenters. The number of piperidine rings is 1. The van der Waals surface area contributed by atoms with E-state index in [1.165, 1.54) is 24.8 Å². The van der Waals surface area contributed by atoms with Crippen molar-refractivity contribution in [2.45, 2.75) is 51.5 Å². The van der Waals surface area contributed by atoms with Crippen LogP contribution in [-0.2, 0) is 5.41 Å². The third-order valence-electron chi connectivity index (χ3n) is 3.55. The normalized spacial score (nSPS) is 20.7. The summed E-state index contributed by atoms with van der Waals surface area (Å²) in [4.78, 5) is 0. The molecule has 1 aromatic rings. The highest BCUT2D eigenvalue weighted by Gasteiger charge is 2.19. The summed E-state index contributed by atoms with van der Waals surface area (Å²) >= 11 is 0. The molecule has 1 aliphatic heterocycles. The smallest absolute Gasteiger partial charge is 0.123 e. The molecule has 18 heavy (non-hydrogen) atoms. The highest BCUT2D eigenvalue weighted by molar-refractivity contribution is 5.38. The lowest BCUT2D eigenvalue weighted by Crippen LogP contribution is -2.38. The SMILES string of the molecule is CC(C)(C)c1ccccc1OCC1CCCCN1. The lowest BCUT2D eigenvalue weighted by molar-refractivity contribution is 0.235. The van der Waals surface area contributed by atoms with Gasteiger partial charge in [-0.2, -0.15) is 0 Å². The van der Waals surface area contributed by atoms with Crippen LogP contribution in [0.2, 0.25) is 0 Å². The first-order valence-corrected chi connectivity index (χ1v) is 7.03. The number of rotatable bonds is 3. The van der Waals surface area contributed by atoms with Crippen LogP contribution in [0, 0.1) is 0 Å². The lowest BCUT2D eigenvalue weighted by Gasteiger charge is -2.26. The molecule has 0 bridgehead atoms. The number of para-hydroxylation sites is 1.